The second-order valence-electron chi connectivity index (χ2n) is 11.0. The van der Waals surface area contributed by atoms with E-state index in [-0.39, 0.29) is 34.1 Å². The number of fused-ring (bicyclic) bond motifs is 4. The Balaban J connectivity index is 1.88. The van der Waals surface area contributed by atoms with Crippen molar-refractivity contribution in [1.82, 2.24) is 10.6 Å². The van der Waals surface area contributed by atoms with E-state index in [2.05, 4.69) is 10.6 Å². The van der Waals surface area contributed by atoms with Crippen molar-refractivity contribution in [2.24, 2.45) is 10.8 Å². The van der Waals surface area contributed by atoms with Gasteiger partial charge in [-0.25, -0.2) is 9.59 Å². The van der Waals surface area contributed by atoms with Crippen LogP contribution in [0.3, 0.4) is 0 Å². The van der Waals surface area contributed by atoms with Gasteiger partial charge in [0, 0.05) is 24.2 Å². The summed E-state index contributed by atoms with van der Waals surface area (Å²) in [6.07, 6.45) is 2.71. The predicted molar refractivity (Wildman–Crippen MR) is 158 cm³/mol. The number of rotatable bonds is 8. The maximum atomic E-state index is 14.3. The highest BCUT2D eigenvalue weighted by Gasteiger charge is 2.85. The second kappa shape index (κ2) is 11.8. The molecule has 0 unspecified atom stereocenters. The van der Waals surface area contributed by atoms with E-state index in [1.807, 2.05) is 0 Å². The first-order valence-electron chi connectivity index (χ1n) is 14.0. The third kappa shape index (κ3) is 4.16. The highest BCUT2D eigenvalue weighted by atomic mass is 16.5. The molecule has 2 aromatic rings. The molecule has 2 aromatic carbocycles. The minimum Gasteiger partial charge on any atom is -0.504 e. The van der Waals surface area contributed by atoms with E-state index in [0.717, 1.165) is 0 Å². The lowest BCUT2D eigenvalue weighted by atomic mass is 9.34. The van der Waals surface area contributed by atoms with Gasteiger partial charge in [0.15, 0.2) is 23.0 Å². The molecular weight excluding hydrogens is 604 g/mol. The first-order chi connectivity index (χ1) is 22.0. The number of ether oxygens (including phenoxy) is 6. The van der Waals surface area contributed by atoms with Crippen LogP contribution in [0.1, 0.15) is 23.0 Å². The molecular formula is C32H34N2O12. The van der Waals surface area contributed by atoms with Gasteiger partial charge < -0.3 is 49.3 Å². The van der Waals surface area contributed by atoms with Gasteiger partial charge in [-0.3, -0.25) is 9.59 Å². The molecule has 14 nitrogen and oxygen atoms in total. The first-order valence-corrected chi connectivity index (χ1v) is 14.0. The number of phenols is 2. The van der Waals surface area contributed by atoms with Crippen LogP contribution >= 0.6 is 0 Å². The molecule has 1 aliphatic carbocycles. The minimum atomic E-state index is -1.78. The quantitative estimate of drug-likeness (QED) is 0.240. The number of nitrogens with one attached hydrogen (secondary N) is 2. The van der Waals surface area contributed by atoms with Crippen molar-refractivity contribution in [3.8, 4) is 23.0 Å². The number of carbonyl (C=O) groups is 4. The molecule has 1 fully saturated rings. The number of aromatic hydroxyl groups is 2. The summed E-state index contributed by atoms with van der Waals surface area (Å²) in [4.78, 5) is 55.2. The van der Waals surface area contributed by atoms with Gasteiger partial charge in [0.25, 0.3) is 0 Å². The lowest BCUT2D eigenvalue weighted by molar-refractivity contribution is -0.212. The zero-order valence-corrected chi connectivity index (χ0v) is 25.9. The zero-order valence-electron chi connectivity index (χ0n) is 25.9. The average molecular weight is 639 g/mol. The van der Waals surface area contributed by atoms with Crippen LogP contribution in [-0.4, -0.2) is 88.8 Å². The van der Waals surface area contributed by atoms with Crippen molar-refractivity contribution in [2.45, 2.75) is 23.9 Å². The van der Waals surface area contributed by atoms with Crippen LogP contribution in [0, 0.1) is 10.8 Å². The Bertz CT molecular complexity index is 1530. The molecule has 5 rings (SSSR count). The number of esters is 4. The molecule has 0 saturated heterocycles. The van der Waals surface area contributed by atoms with E-state index in [0.29, 0.717) is 11.1 Å². The van der Waals surface area contributed by atoms with Crippen LogP contribution in [0.25, 0.3) is 0 Å². The maximum Gasteiger partial charge on any atom is 0.335 e. The molecule has 2 heterocycles. The van der Waals surface area contributed by atoms with Gasteiger partial charge >= 0.3 is 23.9 Å². The van der Waals surface area contributed by atoms with Gasteiger partial charge in [-0.1, -0.05) is 12.1 Å². The summed E-state index contributed by atoms with van der Waals surface area (Å²) < 4.78 is 31.7. The largest absolute Gasteiger partial charge is 0.504 e. The number of carbonyl (C=O) groups excluding carboxylic acids is 4. The van der Waals surface area contributed by atoms with Crippen molar-refractivity contribution in [3.05, 3.63) is 71.1 Å². The molecule has 0 atom stereocenters. The Morgan fingerprint density at radius 1 is 0.609 bits per heavy atom. The van der Waals surface area contributed by atoms with Crippen molar-refractivity contribution >= 4 is 23.9 Å². The van der Waals surface area contributed by atoms with Crippen LogP contribution in [-0.2, 0) is 38.1 Å². The first kappa shape index (κ1) is 32.0. The zero-order chi connectivity index (χ0) is 33.6. The second-order valence-corrected chi connectivity index (χ2v) is 11.0. The van der Waals surface area contributed by atoms with Gasteiger partial charge in [0.1, 0.15) is 10.8 Å². The summed E-state index contributed by atoms with van der Waals surface area (Å²) in [5, 5.41) is 27.0. The summed E-state index contributed by atoms with van der Waals surface area (Å²) in [5.41, 5.74) is -2.81. The third-order valence-corrected chi connectivity index (χ3v) is 9.29. The number of benzene rings is 2. The minimum absolute atomic E-state index is 0.0164. The summed E-state index contributed by atoms with van der Waals surface area (Å²) in [6.45, 7) is 0. The number of phenolic OH excluding ortho intramolecular Hbond substituents is 2. The Kier molecular flexibility index (Phi) is 8.24. The van der Waals surface area contributed by atoms with E-state index in [9.17, 15) is 29.4 Å². The van der Waals surface area contributed by atoms with Gasteiger partial charge in [-0.2, -0.15) is 0 Å². The number of hydrogen-bond acceptors (Lipinski definition) is 14. The molecule has 1 saturated carbocycles. The van der Waals surface area contributed by atoms with E-state index in [1.165, 1.54) is 91.5 Å². The summed E-state index contributed by atoms with van der Waals surface area (Å²) in [5.74, 6) is -5.69. The van der Waals surface area contributed by atoms with Crippen molar-refractivity contribution in [3.63, 3.8) is 0 Å². The lowest BCUT2D eigenvalue weighted by Gasteiger charge is -2.71. The molecule has 0 amide bonds. The Labute approximate surface area is 263 Å². The normalized spacial score (nSPS) is 27.3. The van der Waals surface area contributed by atoms with E-state index >= 15 is 0 Å². The Hall–Kier alpha value is -5.40. The number of methoxy groups -OCH3 is 6. The van der Waals surface area contributed by atoms with Crippen LogP contribution in [0.15, 0.2) is 59.9 Å². The summed E-state index contributed by atoms with van der Waals surface area (Å²) in [6, 6.07) is 6.30. The molecule has 0 bridgehead atoms. The van der Waals surface area contributed by atoms with Crippen molar-refractivity contribution < 1.29 is 57.8 Å². The van der Waals surface area contributed by atoms with Crippen LogP contribution in [0.5, 0.6) is 23.0 Å². The topological polar surface area (TPSA) is 188 Å². The fourth-order valence-electron chi connectivity index (χ4n) is 7.58. The van der Waals surface area contributed by atoms with Gasteiger partial charge in [0.2, 0.25) is 0 Å². The van der Waals surface area contributed by atoms with Crippen LogP contribution in [0.2, 0.25) is 0 Å². The smallest absolute Gasteiger partial charge is 0.335 e. The van der Waals surface area contributed by atoms with E-state index in [4.69, 9.17) is 28.4 Å². The monoisotopic (exact) mass is 638 g/mol. The summed E-state index contributed by atoms with van der Waals surface area (Å²) >= 11 is 0. The van der Waals surface area contributed by atoms with Crippen molar-refractivity contribution in [2.75, 3.05) is 42.7 Å². The molecule has 0 spiro atoms. The molecule has 3 aliphatic rings. The molecule has 46 heavy (non-hydrogen) atoms. The molecule has 0 aromatic heterocycles. The SMILES string of the molecule is COC(=O)C1=CNC2C(C(=O)OC)(C1c1ccc(O)c(OC)c1)C1NC=C(C(=O)OC)C(c3ccc(O)c(OC)c3)C21C(=O)OC. The fourth-order valence-corrected chi connectivity index (χ4v) is 7.58. The Morgan fingerprint density at radius 2 is 0.978 bits per heavy atom. The number of hydrogen-bond donors (Lipinski definition) is 4. The molecule has 14 heteroatoms. The lowest BCUT2D eigenvalue weighted by Crippen LogP contribution is -2.88. The van der Waals surface area contributed by atoms with Crippen molar-refractivity contribution in [1.29, 1.82) is 0 Å². The van der Waals surface area contributed by atoms with Gasteiger partial charge in [-0.15, -0.1) is 0 Å². The van der Waals surface area contributed by atoms with E-state index < -0.39 is 58.6 Å². The fraction of sp³-hybridized carbons (Fsp3) is 0.375. The highest BCUT2D eigenvalue weighted by Crippen LogP contribution is 2.71. The average Bonchev–Trinajstić information content (AvgIpc) is 3.08. The molecule has 4 N–H and O–H groups in total. The predicted octanol–water partition coefficient (Wildman–Crippen LogP) is 1.37. The molecule has 244 valence electrons. The Morgan fingerprint density at radius 3 is 1.28 bits per heavy atom. The highest BCUT2D eigenvalue weighted by molar-refractivity contribution is 6.01. The molecule has 0 radical (unpaired) electrons. The van der Waals surface area contributed by atoms with Gasteiger partial charge in [-0.05, 0) is 35.4 Å². The third-order valence-electron chi connectivity index (χ3n) is 9.29. The van der Waals surface area contributed by atoms with E-state index in [1.54, 1.807) is 0 Å². The standard InChI is InChI=1S/C32H34N2O12/c1-41-21-11-15(7-9-19(21)35)23-17(25(37)43-3)13-33-27-31(23,29(39)45-5)28-32(27,30(40)46-6)24(18(14-34-28)26(38)44-4)16-8-10-20(36)22(12-16)42-2/h7-14,23-24,27-28,33-36H,1-6H3. The molecule has 2 aliphatic heterocycles. The van der Waals surface area contributed by atoms with Crippen LogP contribution < -0.4 is 20.1 Å². The maximum absolute atomic E-state index is 14.3. The summed E-state index contributed by atoms with van der Waals surface area (Å²) in [7, 11) is 7.43. The van der Waals surface area contributed by atoms with Crippen LogP contribution in [0.4, 0.5) is 0 Å². The van der Waals surface area contributed by atoms with Gasteiger partial charge in [0.05, 0.1) is 65.9 Å².